The number of rotatable bonds is 9. The Labute approximate surface area is 214 Å². The van der Waals surface area contributed by atoms with Crippen LogP contribution in [-0.4, -0.2) is 37.3 Å². The zero-order valence-electron chi connectivity index (χ0n) is 19.8. The SMILES string of the molecule is C=CCOC(=O)Nc1cccc(-c2ccc([C@@]3(CC(=O)NOC4CCCCO4)CCCCS3)s2)c1. The average Bonchev–Trinajstić information content (AvgIpc) is 3.39. The average molecular weight is 517 g/mol. The summed E-state index contributed by atoms with van der Waals surface area (Å²) in [5.74, 6) is 0.909. The summed E-state index contributed by atoms with van der Waals surface area (Å²) in [6, 6.07) is 11.9. The largest absolute Gasteiger partial charge is 0.445 e. The van der Waals surface area contributed by atoms with Crippen LogP contribution in [0.1, 0.15) is 49.8 Å². The van der Waals surface area contributed by atoms with Crippen LogP contribution in [0.4, 0.5) is 10.5 Å². The van der Waals surface area contributed by atoms with Crippen LogP contribution in [0.15, 0.2) is 49.1 Å². The molecule has 0 saturated carbocycles. The highest BCUT2D eigenvalue weighted by Crippen LogP contribution is 2.51. The van der Waals surface area contributed by atoms with Crippen molar-refractivity contribution in [2.45, 2.75) is 56.0 Å². The Bertz CT molecular complexity index is 1010. The second kappa shape index (κ2) is 12.6. The first-order valence-corrected chi connectivity index (χ1v) is 13.8. The highest BCUT2D eigenvalue weighted by Gasteiger charge is 2.38. The van der Waals surface area contributed by atoms with Gasteiger partial charge < -0.3 is 9.47 Å². The summed E-state index contributed by atoms with van der Waals surface area (Å²) >= 11 is 3.56. The molecule has 0 bridgehead atoms. The van der Waals surface area contributed by atoms with Gasteiger partial charge in [-0.05, 0) is 61.3 Å². The maximum atomic E-state index is 12.9. The minimum absolute atomic E-state index is 0.118. The van der Waals surface area contributed by atoms with Crippen molar-refractivity contribution < 1.29 is 23.9 Å². The number of anilines is 1. The molecule has 3 heterocycles. The van der Waals surface area contributed by atoms with Crippen LogP contribution in [0, 0.1) is 0 Å². The lowest BCUT2D eigenvalue weighted by Gasteiger charge is -2.35. The second-order valence-corrected chi connectivity index (χ2v) is 11.2. The Kier molecular flexibility index (Phi) is 9.25. The molecule has 1 aromatic carbocycles. The van der Waals surface area contributed by atoms with E-state index in [4.69, 9.17) is 14.3 Å². The van der Waals surface area contributed by atoms with Gasteiger partial charge in [0.25, 0.3) is 0 Å². The monoisotopic (exact) mass is 516 g/mol. The van der Waals surface area contributed by atoms with Crippen LogP contribution in [0.3, 0.4) is 0 Å². The second-order valence-electron chi connectivity index (χ2n) is 8.67. The fourth-order valence-corrected chi connectivity index (χ4v) is 7.17. The number of benzene rings is 1. The Morgan fingerprint density at radius 3 is 2.89 bits per heavy atom. The summed E-state index contributed by atoms with van der Waals surface area (Å²) in [5, 5.41) is 2.75. The molecular formula is C26H32N2O5S2. The van der Waals surface area contributed by atoms with Gasteiger partial charge in [-0.15, -0.1) is 23.1 Å². The van der Waals surface area contributed by atoms with Crippen molar-refractivity contribution in [1.82, 2.24) is 5.48 Å². The molecule has 2 aromatic rings. The quantitative estimate of drug-likeness (QED) is 0.304. The van der Waals surface area contributed by atoms with E-state index in [1.54, 1.807) is 11.3 Å². The first-order valence-electron chi connectivity index (χ1n) is 12.0. The standard InChI is InChI=1S/C26H32N2O5S2/c1-2-14-32-25(30)27-20-9-7-8-19(17-20)21-11-12-22(35-21)26(13-4-6-16-34-26)18-23(29)28-33-24-10-3-5-15-31-24/h2,7-9,11-12,17,24H,1,3-6,10,13-16,18H2,(H,27,30)(H,28,29)/t24?,26-/m0/s1. The lowest BCUT2D eigenvalue weighted by atomic mass is 9.94. The molecule has 0 radical (unpaired) electrons. The molecule has 9 heteroatoms. The van der Waals surface area contributed by atoms with Crippen LogP contribution >= 0.6 is 23.1 Å². The number of carbonyl (C=O) groups excluding carboxylic acids is 2. The number of carbonyl (C=O) groups is 2. The third-order valence-corrected chi connectivity index (χ3v) is 9.10. The number of thioether (sulfide) groups is 1. The van der Waals surface area contributed by atoms with Crippen molar-refractivity contribution in [2.75, 3.05) is 24.3 Å². The molecule has 188 valence electrons. The molecule has 7 nitrogen and oxygen atoms in total. The maximum absolute atomic E-state index is 12.9. The van der Waals surface area contributed by atoms with Gasteiger partial charge in [0.15, 0.2) is 6.29 Å². The van der Waals surface area contributed by atoms with E-state index in [1.807, 2.05) is 36.0 Å². The van der Waals surface area contributed by atoms with Gasteiger partial charge >= 0.3 is 6.09 Å². The molecule has 4 rings (SSSR count). The van der Waals surface area contributed by atoms with Gasteiger partial charge in [-0.25, -0.2) is 15.1 Å². The number of nitrogens with one attached hydrogen (secondary N) is 2. The van der Waals surface area contributed by atoms with Crippen LogP contribution in [0.2, 0.25) is 0 Å². The molecule has 0 spiro atoms. The molecule has 2 amide bonds. The number of hydrogen-bond acceptors (Lipinski definition) is 7. The smallest absolute Gasteiger partial charge is 0.411 e. The fourth-order valence-electron chi connectivity index (χ4n) is 4.28. The molecule has 2 atom stereocenters. The molecule has 2 saturated heterocycles. The van der Waals surface area contributed by atoms with Gasteiger partial charge in [-0.3, -0.25) is 10.1 Å². The molecule has 0 aliphatic carbocycles. The molecule has 2 aliphatic rings. The number of thiophene rings is 1. The maximum Gasteiger partial charge on any atom is 0.411 e. The van der Waals surface area contributed by atoms with E-state index >= 15 is 0 Å². The van der Waals surface area contributed by atoms with Crippen molar-refractivity contribution in [2.24, 2.45) is 0 Å². The zero-order valence-corrected chi connectivity index (χ0v) is 21.4. The number of hydroxylamine groups is 1. The van der Waals surface area contributed by atoms with Crippen molar-refractivity contribution >= 4 is 40.8 Å². The lowest BCUT2D eigenvalue weighted by molar-refractivity contribution is -0.200. The fraction of sp³-hybridized carbons (Fsp3) is 0.462. The summed E-state index contributed by atoms with van der Waals surface area (Å²) in [6.07, 6.45) is 7.10. The van der Waals surface area contributed by atoms with Gasteiger partial charge in [-0.1, -0.05) is 31.2 Å². The first kappa shape index (κ1) is 25.8. The van der Waals surface area contributed by atoms with E-state index in [-0.39, 0.29) is 23.6 Å². The van der Waals surface area contributed by atoms with Crippen LogP contribution in [0.25, 0.3) is 10.4 Å². The number of amides is 2. The molecule has 1 aromatic heterocycles. The van der Waals surface area contributed by atoms with Crippen LogP contribution in [0.5, 0.6) is 0 Å². The number of hydrogen-bond donors (Lipinski definition) is 2. The molecule has 2 N–H and O–H groups in total. The third kappa shape index (κ3) is 7.10. The van der Waals surface area contributed by atoms with Crippen molar-refractivity contribution in [3.63, 3.8) is 0 Å². The van der Waals surface area contributed by atoms with E-state index in [1.165, 1.54) is 11.0 Å². The van der Waals surface area contributed by atoms with Crippen molar-refractivity contribution in [1.29, 1.82) is 0 Å². The van der Waals surface area contributed by atoms with Gasteiger partial charge in [0.2, 0.25) is 5.91 Å². The van der Waals surface area contributed by atoms with E-state index in [0.29, 0.717) is 18.7 Å². The highest BCUT2D eigenvalue weighted by atomic mass is 32.2. The summed E-state index contributed by atoms with van der Waals surface area (Å²) in [7, 11) is 0. The molecular weight excluding hydrogens is 484 g/mol. The number of ether oxygens (including phenoxy) is 2. The normalized spacial score (nSPS) is 22.2. The molecule has 1 unspecified atom stereocenters. The van der Waals surface area contributed by atoms with E-state index < -0.39 is 6.09 Å². The van der Waals surface area contributed by atoms with Crippen molar-refractivity contribution in [3.8, 4) is 10.4 Å². The third-order valence-electron chi connectivity index (χ3n) is 6.02. The Morgan fingerprint density at radius 1 is 1.20 bits per heavy atom. The van der Waals surface area contributed by atoms with Crippen LogP contribution in [-0.2, 0) is 23.9 Å². The van der Waals surface area contributed by atoms with Crippen LogP contribution < -0.4 is 10.8 Å². The van der Waals surface area contributed by atoms with Crippen molar-refractivity contribution in [3.05, 3.63) is 53.9 Å². The Morgan fingerprint density at radius 2 is 2.11 bits per heavy atom. The van der Waals surface area contributed by atoms with Gasteiger partial charge in [0.1, 0.15) is 6.61 Å². The summed E-state index contributed by atoms with van der Waals surface area (Å²) in [6.45, 7) is 4.38. The first-order chi connectivity index (χ1) is 17.1. The minimum Gasteiger partial charge on any atom is -0.445 e. The molecule has 2 fully saturated rings. The van der Waals surface area contributed by atoms with Gasteiger partial charge in [0, 0.05) is 34.9 Å². The summed E-state index contributed by atoms with van der Waals surface area (Å²) in [5.41, 5.74) is 4.30. The predicted molar refractivity (Wildman–Crippen MR) is 140 cm³/mol. The topological polar surface area (TPSA) is 85.9 Å². The van der Waals surface area contributed by atoms with Gasteiger partial charge in [-0.2, -0.15) is 0 Å². The van der Waals surface area contributed by atoms with E-state index in [0.717, 1.165) is 54.7 Å². The Hall–Kier alpha value is -2.33. The summed E-state index contributed by atoms with van der Waals surface area (Å²) in [4.78, 5) is 32.6. The minimum atomic E-state index is -0.515. The molecule has 35 heavy (non-hydrogen) atoms. The van der Waals surface area contributed by atoms with E-state index in [2.05, 4.69) is 29.5 Å². The molecule has 2 aliphatic heterocycles. The highest BCUT2D eigenvalue weighted by molar-refractivity contribution is 8.00. The lowest BCUT2D eigenvalue weighted by Crippen LogP contribution is -2.37. The zero-order chi connectivity index (χ0) is 24.5. The predicted octanol–water partition coefficient (Wildman–Crippen LogP) is 6.23. The van der Waals surface area contributed by atoms with E-state index in [9.17, 15) is 9.59 Å². The summed E-state index contributed by atoms with van der Waals surface area (Å²) < 4.78 is 10.3. The van der Waals surface area contributed by atoms with Gasteiger partial charge in [0.05, 0.1) is 4.75 Å². The Balaban J connectivity index is 1.45.